The highest BCUT2D eigenvalue weighted by Crippen LogP contribution is 2.16. The summed E-state index contributed by atoms with van der Waals surface area (Å²) < 4.78 is 0. The normalized spacial score (nSPS) is 20.1. The molecular formula is C16H25N3O. The molecule has 0 radical (unpaired) electrons. The zero-order valence-electron chi connectivity index (χ0n) is 12.7. The van der Waals surface area contributed by atoms with Crippen molar-refractivity contribution in [3.63, 3.8) is 0 Å². The van der Waals surface area contributed by atoms with Crippen molar-refractivity contribution in [3.8, 4) is 0 Å². The predicted octanol–water partition coefficient (Wildman–Crippen LogP) is 1.22. The zero-order chi connectivity index (χ0) is 14.5. The number of hydrogen-bond acceptors (Lipinski definition) is 3. The van der Waals surface area contributed by atoms with Gasteiger partial charge in [0.1, 0.15) is 0 Å². The van der Waals surface area contributed by atoms with Crippen LogP contribution >= 0.6 is 0 Å². The predicted molar refractivity (Wildman–Crippen MR) is 82.1 cm³/mol. The lowest BCUT2D eigenvalue weighted by atomic mass is 10.0. The number of likely N-dealkylation sites (N-methyl/N-ethyl adjacent to an activating group) is 2. The first-order valence-corrected chi connectivity index (χ1v) is 7.35. The Labute approximate surface area is 121 Å². The minimum atomic E-state index is 0.178. The van der Waals surface area contributed by atoms with E-state index in [1.165, 1.54) is 0 Å². The number of piperazine rings is 1. The Balaban J connectivity index is 2.16. The van der Waals surface area contributed by atoms with E-state index in [0.717, 1.165) is 43.7 Å². The minimum absolute atomic E-state index is 0.178. The Morgan fingerprint density at radius 3 is 2.80 bits per heavy atom. The maximum absolute atomic E-state index is 12.8. The van der Waals surface area contributed by atoms with Crippen LogP contribution in [0.4, 0.5) is 0 Å². The zero-order valence-corrected chi connectivity index (χ0v) is 12.7. The van der Waals surface area contributed by atoms with E-state index in [0.29, 0.717) is 0 Å². The van der Waals surface area contributed by atoms with Crippen LogP contribution in [0.2, 0.25) is 0 Å². The number of carbonyl (C=O) groups is 1. The Kier molecular flexibility index (Phi) is 5.15. The molecule has 1 aliphatic heterocycles. The molecule has 1 atom stereocenters. The molecule has 1 aliphatic rings. The molecule has 0 aromatic heterocycles. The molecule has 1 unspecified atom stereocenters. The van der Waals surface area contributed by atoms with Crippen LogP contribution in [0, 0.1) is 0 Å². The van der Waals surface area contributed by atoms with Crippen LogP contribution in [0.25, 0.3) is 0 Å². The van der Waals surface area contributed by atoms with Crippen LogP contribution < -0.4 is 5.32 Å². The summed E-state index contributed by atoms with van der Waals surface area (Å²) in [7, 11) is 4.05. The molecule has 1 aromatic rings. The maximum Gasteiger partial charge on any atom is 0.254 e. The third kappa shape index (κ3) is 3.38. The minimum Gasteiger partial charge on any atom is -0.333 e. The van der Waals surface area contributed by atoms with Crippen molar-refractivity contribution in [3.05, 3.63) is 35.4 Å². The van der Waals surface area contributed by atoms with Gasteiger partial charge in [0.15, 0.2) is 0 Å². The Morgan fingerprint density at radius 1 is 1.35 bits per heavy atom. The van der Waals surface area contributed by atoms with E-state index in [9.17, 15) is 4.79 Å². The van der Waals surface area contributed by atoms with Crippen molar-refractivity contribution in [1.29, 1.82) is 0 Å². The molecule has 0 spiro atoms. The molecule has 1 N–H and O–H groups in total. The number of hydrogen-bond donors (Lipinski definition) is 1. The molecule has 1 heterocycles. The summed E-state index contributed by atoms with van der Waals surface area (Å²) in [5, 5.41) is 3.14. The van der Waals surface area contributed by atoms with Crippen LogP contribution in [0.5, 0.6) is 0 Å². The lowest BCUT2D eigenvalue weighted by Crippen LogP contribution is -2.52. The van der Waals surface area contributed by atoms with Crippen LogP contribution in [-0.4, -0.2) is 62.0 Å². The summed E-state index contributed by atoms with van der Waals surface area (Å²) in [6, 6.07) is 8.26. The maximum atomic E-state index is 12.8. The molecule has 1 aromatic carbocycles. The molecule has 1 amide bonds. The Bertz CT molecular complexity index is 461. The summed E-state index contributed by atoms with van der Waals surface area (Å²) in [6.07, 6.45) is 0.889. The van der Waals surface area contributed by atoms with Crippen LogP contribution in [-0.2, 0) is 6.42 Å². The van der Waals surface area contributed by atoms with Gasteiger partial charge in [-0.2, -0.15) is 0 Å². The standard InChI is InChI=1S/C16H25N3O/c1-13-12-18(3)10-11-19(13)16(20)15-7-5-4-6-14(15)8-9-17-2/h4-7,13,17H,8-12H2,1-3H3. The molecule has 4 nitrogen and oxygen atoms in total. The first kappa shape index (κ1) is 15.0. The highest BCUT2D eigenvalue weighted by molar-refractivity contribution is 5.96. The van der Waals surface area contributed by atoms with Crippen molar-refractivity contribution in [2.45, 2.75) is 19.4 Å². The first-order chi connectivity index (χ1) is 9.63. The van der Waals surface area contributed by atoms with E-state index in [1.54, 1.807) is 0 Å². The van der Waals surface area contributed by atoms with Crippen molar-refractivity contribution in [2.75, 3.05) is 40.3 Å². The molecule has 0 bridgehead atoms. The fraction of sp³-hybridized carbons (Fsp3) is 0.562. The van der Waals surface area contributed by atoms with Gasteiger partial charge in [-0.15, -0.1) is 0 Å². The second-order valence-electron chi connectivity index (χ2n) is 5.62. The number of nitrogens with zero attached hydrogens (tertiary/aromatic N) is 2. The fourth-order valence-corrected chi connectivity index (χ4v) is 2.80. The van der Waals surface area contributed by atoms with Crippen molar-refractivity contribution in [1.82, 2.24) is 15.1 Å². The third-order valence-electron chi connectivity index (χ3n) is 3.98. The van der Waals surface area contributed by atoms with Crippen molar-refractivity contribution in [2.24, 2.45) is 0 Å². The van der Waals surface area contributed by atoms with Gasteiger partial charge in [0.25, 0.3) is 5.91 Å². The van der Waals surface area contributed by atoms with Crippen LogP contribution in [0.3, 0.4) is 0 Å². The second-order valence-corrected chi connectivity index (χ2v) is 5.62. The average molecular weight is 275 g/mol. The summed E-state index contributed by atoms with van der Waals surface area (Å²) in [6.45, 7) is 5.74. The van der Waals surface area contributed by atoms with Gasteiger partial charge in [-0.05, 0) is 45.6 Å². The quantitative estimate of drug-likeness (QED) is 0.897. The van der Waals surface area contributed by atoms with Gasteiger partial charge in [-0.25, -0.2) is 0 Å². The van der Waals surface area contributed by atoms with Gasteiger partial charge in [-0.3, -0.25) is 4.79 Å². The molecule has 0 saturated carbocycles. The number of benzene rings is 1. The van der Waals surface area contributed by atoms with E-state index in [2.05, 4.69) is 30.3 Å². The average Bonchev–Trinajstić information content (AvgIpc) is 2.45. The summed E-state index contributed by atoms with van der Waals surface area (Å²) in [5.41, 5.74) is 2.00. The molecule has 2 rings (SSSR count). The highest BCUT2D eigenvalue weighted by Gasteiger charge is 2.27. The van der Waals surface area contributed by atoms with E-state index in [-0.39, 0.29) is 11.9 Å². The molecule has 1 fully saturated rings. The molecule has 20 heavy (non-hydrogen) atoms. The smallest absolute Gasteiger partial charge is 0.254 e. The van der Waals surface area contributed by atoms with Gasteiger partial charge in [0.05, 0.1) is 0 Å². The van der Waals surface area contributed by atoms with E-state index < -0.39 is 0 Å². The molecule has 4 heteroatoms. The number of carbonyl (C=O) groups excluding carboxylic acids is 1. The van der Waals surface area contributed by atoms with E-state index in [1.807, 2.05) is 30.1 Å². The molecule has 0 aliphatic carbocycles. The molecule has 1 saturated heterocycles. The lowest BCUT2D eigenvalue weighted by Gasteiger charge is -2.38. The fourth-order valence-electron chi connectivity index (χ4n) is 2.80. The first-order valence-electron chi connectivity index (χ1n) is 7.35. The second kappa shape index (κ2) is 6.86. The summed E-state index contributed by atoms with van der Waals surface area (Å²) in [4.78, 5) is 17.1. The third-order valence-corrected chi connectivity index (χ3v) is 3.98. The van der Waals surface area contributed by atoms with E-state index in [4.69, 9.17) is 0 Å². The van der Waals surface area contributed by atoms with Gasteiger partial charge >= 0.3 is 0 Å². The number of rotatable bonds is 4. The summed E-state index contributed by atoms with van der Waals surface area (Å²) in [5.74, 6) is 0.178. The molecular weight excluding hydrogens is 250 g/mol. The Morgan fingerprint density at radius 2 is 2.10 bits per heavy atom. The van der Waals surface area contributed by atoms with Gasteiger partial charge < -0.3 is 15.1 Å². The van der Waals surface area contributed by atoms with Crippen molar-refractivity contribution < 1.29 is 4.79 Å². The largest absolute Gasteiger partial charge is 0.333 e. The topological polar surface area (TPSA) is 35.6 Å². The lowest BCUT2D eigenvalue weighted by molar-refractivity contribution is 0.0532. The van der Waals surface area contributed by atoms with Gasteiger partial charge in [-0.1, -0.05) is 18.2 Å². The van der Waals surface area contributed by atoms with Crippen LogP contribution in [0.15, 0.2) is 24.3 Å². The number of nitrogens with one attached hydrogen (secondary N) is 1. The SMILES string of the molecule is CNCCc1ccccc1C(=O)N1CCN(C)CC1C. The van der Waals surface area contributed by atoms with Gasteiger partial charge in [0, 0.05) is 31.2 Å². The highest BCUT2D eigenvalue weighted by atomic mass is 16.2. The van der Waals surface area contributed by atoms with Crippen LogP contribution in [0.1, 0.15) is 22.8 Å². The summed E-state index contributed by atoms with van der Waals surface area (Å²) >= 11 is 0. The van der Waals surface area contributed by atoms with E-state index >= 15 is 0 Å². The number of amides is 1. The van der Waals surface area contributed by atoms with Crippen molar-refractivity contribution >= 4 is 5.91 Å². The van der Waals surface area contributed by atoms with Gasteiger partial charge in [0.2, 0.25) is 0 Å². The monoisotopic (exact) mass is 275 g/mol. The molecule has 110 valence electrons. The Hall–Kier alpha value is -1.39.